The van der Waals surface area contributed by atoms with E-state index in [0.29, 0.717) is 11.6 Å². The van der Waals surface area contributed by atoms with Gasteiger partial charge in [-0.05, 0) is 12.3 Å². The first-order valence-electron chi connectivity index (χ1n) is 5.85. The summed E-state index contributed by atoms with van der Waals surface area (Å²) in [6, 6.07) is -0.158. The minimum Gasteiger partial charge on any atom is -0.480 e. The summed E-state index contributed by atoms with van der Waals surface area (Å²) in [5.41, 5.74) is 0.515. The fourth-order valence-corrected chi connectivity index (χ4v) is 1.98. The van der Waals surface area contributed by atoms with Crippen molar-refractivity contribution in [3.8, 4) is 0 Å². The molecule has 0 spiro atoms. The molecule has 0 bridgehead atoms. The molecule has 7 nitrogen and oxygen atoms in total. The van der Waals surface area contributed by atoms with Crippen LogP contribution in [0, 0.1) is 5.92 Å². The van der Waals surface area contributed by atoms with Gasteiger partial charge in [0, 0.05) is 19.3 Å². The lowest BCUT2D eigenvalue weighted by Crippen LogP contribution is -2.32. The lowest BCUT2D eigenvalue weighted by Gasteiger charge is -2.15. The highest BCUT2D eigenvalue weighted by atomic mass is 16.4. The summed E-state index contributed by atoms with van der Waals surface area (Å²) in [7, 11) is 0. The highest BCUT2D eigenvalue weighted by Crippen LogP contribution is 2.16. The van der Waals surface area contributed by atoms with Crippen LogP contribution in [0.2, 0.25) is 0 Å². The van der Waals surface area contributed by atoms with E-state index < -0.39 is 5.97 Å². The summed E-state index contributed by atoms with van der Waals surface area (Å²) in [4.78, 5) is 24.1. The van der Waals surface area contributed by atoms with Crippen LogP contribution in [0.3, 0.4) is 0 Å². The molecule has 18 heavy (non-hydrogen) atoms. The molecule has 0 aliphatic carbocycles. The predicted octanol–water partition coefficient (Wildman–Crippen LogP) is 0.841. The molecule has 0 aromatic carbocycles. The highest BCUT2D eigenvalue weighted by Gasteiger charge is 2.23. The lowest BCUT2D eigenvalue weighted by atomic mass is 10.2. The maximum Gasteiger partial charge on any atom is 0.325 e. The Morgan fingerprint density at radius 2 is 2.39 bits per heavy atom. The fraction of sp³-hybridized carbons (Fsp3) is 0.545. The molecule has 1 aliphatic rings. The smallest absolute Gasteiger partial charge is 0.325 e. The average molecular weight is 252 g/mol. The van der Waals surface area contributed by atoms with E-state index in [1.165, 1.54) is 17.1 Å². The minimum atomic E-state index is -0.968. The van der Waals surface area contributed by atoms with Crippen molar-refractivity contribution in [3.63, 3.8) is 0 Å². The molecule has 1 fully saturated rings. The van der Waals surface area contributed by atoms with Gasteiger partial charge in [-0.15, -0.1) is 0 Å². The molecular formula is C11H16N4O3. The van der Waals surface area contributed by atoms with Gasteiger partial charge in [-0.3, -0.25) is 9.48 Å². The first-order chi connectivity index (χ1) is 8.54. The standard InChI is InChI=1S/C11H16N4O3/c1-8-2-3-14(5-8)11(18)13-9-4-12-15(6-9)7-10(16)17/h4,6,8H,2-3,5,7H2,1H3,(H,13,18)(H,16,17). The number of carbonyl (C=O) groups excluding carboxylic acids is 1. The lowest BCUT2D eigenvalue weighted by molar-refractivity contribution is -0.137. The van der Waals surface area contributed by atoms with E-state index >= 15 is 0 Å². The Balaban J connectivity index is 1.91. The van der Waals surface area contributed by atoms with Gasteiger partial charge in [0.1, 0.15) is 6.54 Å². The second-order valence-electron chi connectivity index (χ2n) is 4.59. The Labute approximate surface area is 104 Å². The predicted molar refractivity (Wildman–Crippen MR) is 64.2 cm³/mol. The van der Waals surface area contributed by atoms with E-state index in [-0.39, 0.29) is 12.6 Å². The summed E-state index contributed by atoms with van der Waals surface area (Å²) in [6.07, 6.45) is 3.97. The Bertz CT molecular complexity index is 457. The number of nitrogens with zero attached hydrogens (tertiary/aromatic N) is 3. The number of likely N-dealkylation sites (tertiary alicyclic amines) is 1. The zero-order chi connectivity index (χ0) is 13.1. The number of nitrogens with one attached hydrogen (secondary N) is 1. The Kier molecular flexibility index (Phi) is 3.50. The second kappa shape index (κ2) is 5.07. The van der Waals surface area contributed by atoms with Gasteiger partial charge in [-0.2, -0.15) is 5.10 Å². The molecule has 0 radical (unpaired) electrons. The van der Waals surface area contributed by atoms with Crippen molar-refractivity contribution in [3.05, 3.63) is 12.4 Å². The molecule has 1 aliphatic heterocycles. The monoisotopic (exact) mass is 252 g/mol. The van der Waals surface area contributed by atoms with Crippen LogP contribution in [-0.2, 0) is 11.3 Å². The van der Waals surface area contributed by atoms with E-state index in [1.54, 1.807) is 4.90 Å². The number of carboxylic acids is 1. The van der Waals surface area contributed by atoms with E-state index in [1.807, 2.05) is 0 Å². The second-order valence-corrected chi connectivity index (χ2v) is 4.59. The van der Waals surface area contributed by atoms with Gasteiger partial charge in [0.05, 0.1) is 11.9 Å². The summed E-state index contributed by atoms with van der Waals surface area (Å²) in [6.45, 7) is 3.42. The molecule has 2 rings (SSSR count). The largest absolute Gasteiger partial charge is 0.480 e. The van der Waals surface area contributed by atoms with Crippen LogP contribution in [0.4, 0.5) is 10.5 Å². The van der Waals surface area contributed by atoms with Crippen LogP contribution in [0.25, 0.3) is 0 Å². The van der Waals surface area contributed by atoms with E-state index in [9.17, 15) is 9.59 Å². The molecule has 2 N–H and O–H groups in total. The number of aromatic nitrogens is 2. The van der Waals surface area contributed by atoms with Gasteiger partial charge in [0.2, 0.25) is 0 Å². The average Bonchev–Trinajstić information content (AvgIpc) is 2.87. The number of carboxylic acid groups (broad SMARTS) is 1. The van der Waals surface area contributed by atoms with Crippen LogP contribution >= 0.6 is 0 Å². The van der Waals surface area contributed by atoms with Gasteiger partial charge < -0.3 is 15.3 Å². The van der Waals surface area contributed by atoms with Crippen molar-refractivity contribution in [2.45, 2.75) is 19.9 Å². The third-order valence-corrected chi connectivity index (χ3v) is 2.89. The number of amides is 2. The van der Waals surface area contributed by atoms with E-state index in [4.69, 9.17) is 5.11 Å². The Morgan fingerprint density at radius 1 is 1.61 bits per heavy atom. The van der Waals surface area contributed by atoms with Crippen molar-refractivity contribution in [2.24, 2.45) is 5.92 Å². The molecule has 1 atom stereocenters. The number of anilines is 1. The fourth-order valence-electron chi connectivity index (χ4n) is 1.98. The van der Waals surface area contributed by atoms with Gasteiger partial charge in [0.25, 0.3) is 0 Å². The van der Waals surface area contributed by atoms with Crippen LogP contribution in [0.1, 0.15) is 13.3 Å². The number of urea groups is 1. The quantitative estimate of drug-likeness (QED) is 0.834. The number of hydrogen-bond donors (Lipinski definition) is 2. The highest BCUT2D eigenvalue weighted by molar-refractivity contribution is 5.89. The third-order valence-electron chi connectivity index (χ3n) is 2.89. The van der Waals surface area contributed by atoms with Crippen LogP contribution in [0.5, 0.6) is 0 Å². The van der Waals surface area contributed by atoms with Crippen molar-refractivity contribution in [2.75, 3.05) is 18.4 Å². The molecule has 1 aromatic heterocycles. The first-order valence-corrected chi connectivity index (χ1v) is 5.85. The third kappa shape index (κ3) is 2.99. The van der Waals surface area contributed by atoms with Gasteiger partial charge in [0.15, 0.2) is 0 Å². The Hall–Kier alpha value is -2.05. The molecule has 0 saturated carbocycles. The van der Waals surface area contributed by atoms with Crippen molar-refractivity contribution in [1.29, 1.82) is 0 Å². The maximum absolute atomic E-state index is 11.9. The summed E-state index contributed by atoms with van der Waals surface area (Å²) in [5.74, 6) is -0.435. The molecular weight excluding hydrogens is 236 g/mol. The number of aliphatic carboxylic acids is 1. The van der Waals surface area contributed by atoms with Gasteiger partial charge in [-0.1, -0.05) is 6.92 Å². The normalized spacial score (nSPS) is 18.9. The van der Waals surface area contributed by atoms with Crippen molar-refractivity contribution < 1.29 is 14.7 Å². The van der Waals surface area contributed by atoms with Crippen molar-refractivity contribution in [1.82, 2.24) is 14.7 Å². The van der Waals surface area contributed by atoms with Crippen LogP contribution < -0.4 is 5.32 Å². The number of carbonyl (C=O) groups is 2. The zero-order valence-corrected chi connectivity index (χ0v) is 10.2. The first kappa shape index (κ1) is 12.4. The molecule has 2 heterocycles. The SMILES string of the molecule is CC1CCN(C(=O)Nc2cnn(CC(=O)O)c2)C1. The number of hydrogen-bond acceptors (Lipinski definition) is 3. The van der Waals surface area contributed by atoms with E-state index in [2.05, 4.69) is 17.3 Å². The topological polar surface area (TPSA) is 87.5 Å². The summed E-state index contributed by atoms with van der Waals surface area (Å²) in [5, 5.41) is 15.2. The Morgan fingerprint density at radius 3 is 3.00 bits per heavy atom. The molecule has 98 valence electrons. The maximum atomic E-state index is 11.9. The summed E-state index contributed by atoms with van der Waals surface area (Å²) < 4.78 is 1.27. The van der Waals surface area contributed by atoms with Crippen LogP contribution in [-0.4, -0.2) is 44.9 Å². The summed E-state index contributed by atoms with van der Waals surface area (Å²) >= 11 is 0. The van der Waals surface area contributed by atoms with Gasteiger partial charge in [-0.25, -0.2) is 4.79 Å². The molecule has 7 heteroatoms. The minimum absolute atomic E-state index is 0.158. The van der Waals surface area contributed by atoms with Gasteiger partial charge >= 0.3 is 12.0 Å². The molecule has 1 aromatic rings. The molecule has 1 unspecified atom stereocenters. The number of rotatable bonds is 3. The molecule has 2 amide bonds. The zero-order valence-electron chi connectivity index (χ0n) is 10.2. The van der Waals surface area contributed by atoms with Crippen molar-refractivity contribution >= 4 is 17.7 Å². The van der Waals surface area contributed by atoms with Crippen LogP contribution in [0.15, 0.2) is 12.4 Å². The molecule has 1 saturated heterocycles. The van der Waals surface area contributed by atoms with E-state index in [0.717, 1.165) is 19.5 Å².